The first kappa shape index (κ1) is 22.6. The van der Waals surface area contributed by atoms with Crippen molar-refractivity contribution < 1.29 is 17.9 Å². The summed E-state index contributed by atoms with van der Waals surface area (Å²) < 4.78 is 39.8. The van der Waals surface area contributed by atoms with E-state index in [2.05, 4.69) is 21.7 Å². The number of rotatable bonds is 8. The lowest BCUT2D eigenvalue weighted by atomic mass is 10.0. The van der Waals surface area contributed by atoms with Crippen LogP contribution in [0.4, 0.5) is 5.69 Å². The van der Waals surface area contributed by atoms with Gasteiger partial charge in [0, 0.05) is 31.7 Å². The van der Waals surface area contributed by atoms with E-state index in [9.17, 15) is 8.42 Å². The van der Waals surface area contributed by atoms with Gasteiger partial charge in [0.2, 0.25) is 0 Å². The van der Waals surface area contributed by atoms with Crippen molar-refractivity contribution in [3.8, 4) is 11.5 Å². The van der Waals surface area contributed by atoms with Crippen LogP contribution in [0.3, 0.4) is 0 Å². The average Bonchev–Trinajstić information content (AvgIpc) is 3.33. The van der Waals surface area contributed by atoms with Crippen LogP contribution in [0.5, 0.6) is 11.5 Å². The molecular formula is C24H28N2O4S2. The first-order chi connectivity index (χ1) is 15.5. The summed E-state index contributed by atoms with van der Waals surface area (Å²) in [5.41, 5.74) is 1.93. The SMILES string of the molecule is COc1ccc(S(=O)(=O)N(c2cccc(OC)c2)C2CCN(Cc3ccsc3)CC2)cc1. The van der Waals surface area contributed by atoms with Crippen LogP contribution in [0.15, 0.2) is 70.3 Å². The van der Waals surface area contributed by atoms with Crippen molar-refractivity contribution in [2.75, 3.05) is 31.6 Å². The van der Waals surface area contributed by atoms with Crippen LogP contribution in [0, 0.1) is 0 Å². The standard InChI is InChI=1S/C24H28N2O4S2/c1-29-22-6-8-24(9-7-22)32(27,28)26(21-4-3-5-23(16-21)30-2)20-10-13-25(14-11-20)17-19-12-15-31-18-19/h3-9,12,15-16,18,20H,10-11,13-14,17H2,1-2H3. The molecule has 6 nitrogen and oxygen atoms in total. The lowest BCUT2D eigenvalue weighted by Gasteiger charge is -2.39. The molecule has 0 unspecified atom stereocenters. The van der Waals surface area contributed by atoms with Crippen molar-refractivity contribution in [3.05, 3.63) is 70.9 Å². The van der Waals surface area contributed by atoms with Crippen molar-refractivity contribution >= 4 is 27.0 Å². The molecule has 0 N–H and O–H groups in total. The summed E-state index contributed by atoms with van der Waals surface area (Å²) in [6.07, 6.45) is 1.52. The summed E-state index contributed by atoms with van der Waals surface area (Å²) in [6.45, 7) is 2.60. The molecule has 8 heteroatoms. The molecule has 2 heterocycles. The third kappa shape index (κ3) is 4.92. The van der Waals surface area contributed by atoms with Gasteiger partial charge in [0.1, 0.15) is 11.5 Å². The van der Waals surface area contributed by atoms with Gasteiger partial charge in [0.15, 0.2) is 0 Å². The van der Waals surface area contributed by atoms with Gasteiger partial charge in [-0.15, -0.1) is 0 Å². The number of sulfonamides is 1. The van der Waals surface area contributed by atoms with Crippen LogP contribution >= 0.6 is 11.3 Å². The summed E-state index contributed by atoms with van der Waals surface area (Å²) in [7, 11) is -0.613. The molecule has 3 aromatic rings. The highest BCUT2D eigenvalue weighted by molar-refractivity contribution is 7.92. The fourth-order valence-corrected chi connectivity index (χ4v) is 6.47. The van der Waals surface area contributed by atoms with Crippen LogP contribution in [0.1, 0.15) is 18.4 Å². The minimum absolute atomic E-state index is 0.132. The zero-order valence-corrected chi connectivity index (χ0v) is 19.9. The normalized spacial score (nSPS) is 15.4. The number of hydrogen-bond acceptors (Lipinski definition) is 6. The van der Waals surface area contributed by atoms with E-state index in [4.69, 9.17) is 9.47 Å². The highest BCUT2D eigenvalue weighted by Crippen LogP contribution is 2.33. The zero-order chi connectivity index (χ0) is 22.6. The molecule has 1 saturated heterocycles. The maximum Gasteiger partial charge on any atom is 0.264 e. The Labute approximate surface area is 194 Å². The van der Waals surface area contributed by atoms with Crippen LogP contribution in [-0.2, 0) is 16.6 Å². The van der Waals surface area contributed by atoms with E-state index >= 15 is 0 Å². The lowest BCUT2D eigenvalue weighted by Crippen LogP contribution is -2.47. The number of thiophene rings is 1. The van der Waals surface area contributed by atoms with Gasteiger partial charge in [0.05, 0.1) is 24.8 Å². The molecular weight excluding hydrogens is 444 g/mol. The van der Waals surface area contributed by atoms with Crippen molar-refractivity contribution in [3.63, 3.8) is 0 Å². The van der Waals surface area contributed by atoms with Crippen molar-refractivity contribution in [2.45, 2.75) is 30.3 Å². The summed E-state index contributed by atoms with van der Waals surface area (Å²) >= 11 is 1.70. The summed E-state index contributed by atoms with van der Waals surface area (Å²) in [4.78, 5) is 2.64. The highest BCUT2D eigenvalue weighted by atomic mass is 32.2. The van der Waals surface area contributed by atoms with E-state index in [0.29, 0.717) is 17.2 Å². The first-order valence-electron chi connectivity index (χ1n) is 10.6. The second-order valence-electron chi connectivity index (χ2n) is 7.82. The molecule has 0 atom stereocenters. The second kappa shape index (κ2) is 9.94. The molecule has 0 amide bonds. The molecule has 4 rings (SSSR count). The molecule has 1 aromatic heterocycles. The van der Waals surface area contributed by atoms with Crippen LogP contribution in [0.2, 0.25) is 0 Å². The number of likely N-dealkylation sites (tertiary alicyclic amines) is 1. The second-order valence-corrected chi connectivity index (χ2v) is 10.4. The van der Waals surface area contributed by atoms with Gasteiger partial charge in [-0.25, -0.2) is 8.42 Å². The van der Waals surface area contributed by atoms with Crippen LogP contribution in [-0.4, -0.2) is 46.7 Å². The number of methoxy groups -OCH3 is 2. The number of benzene rings is 2. The number of ether oxygens (including phenoxy) is 2. The van der Waals surface area contributed by atoms with E-state index in [-0.39, 0.29) is 10.9 Å². The number of anilines is 1. The van der Waals surface area contributed by atoms with Gasteiger partial charge in [-0.2, -0.15) is 11.3 Å². The summed E-state index contributed by atoms with van der Waals surface area (Å²) in [5, 5.41) is 4.26. The van der Waals surface area contributed by atoms with E-state index < -0.39 is 10.0 Å². The van der Waals surface area contributed by atoms with Gasteiger partial charge < -0.3 is 9.47 Å². The Kier molecular flexibility index (Phi) is 7.03. The minimum Gasteiger partial charge on any atom is -0.497 e. The maximum absolute atomic E-state index is 13.8. The smallest absolute Gasteiger partial charge is 0.264 e. The van der Waals surface area contributed by atoms with E-state index in [1.807, 2.05) is 18.2 Å². The molecule has 0 saturated carbocycles. The summed E-state index contributed by atoms with van der Waals surface area (Å²) in [5.74, 6) is 1.26. The van der Waals surface area contributed by atoms with Crippen LogP contribution < -0.4 is 13.8 Å². The zero-order valence-electron chi connectivity index (χ0n) is 18.3. The third-order valence-corrected chi connectivity index (χ3v) is 8.43. The Balaban J connectivity index is 1.62. The molecule has 1 aliphatic heterocycles. The van der Waals surface area contributed by atoms with Gasteiger partial charge in [-0.1, -0.05) is 6.07 Å². The van der Waals surface area contributed by atoms with E-state index in [0.717, 1.165) is 32.5 Å². The molecule has 0 spiro atoms. The van der Waals surface area contributed by atoms with E-state index in [1.54, 1.807) is 60.2 Å². The number of hydrogen-bond donors (Lipinski definition) is 0. The largest absolute Gasteiger partial charge is 0.497 e. The van der Waals surface area contributed by atoms with Crippen molar-refractivity contribution in [2.24, 2.45) is 0 Å². The molecule has 32 heavy (non-hydrogen) atoms. The van der Waals surface area contributed by atoms with E-state index in [1.165, 1.54) is 5.56 Å². The van der Waals surface area contributed by atoms with Gasteiger partial charge >= 0.3 is 0 Å². The maximum atomic E-state index is 13.8. The average molecular weight is 473 g/mol. The van der Waals surface area contributed by atoms with Crippen molar-refractivity contribution in [1.29, 1.82) is 0 Å². The molecule has 170 valence electrons. The molecule has 0 aliphatic carbocycles. The van der Waals surface area contributed by atoms with Gasteiger partial charge in [-0.3, -0.25) is 9.21 Å². The third-order valence-electron chi connectivity index (χ3n) is 5.80. The Morgan fingerprint density at radius 2 is 1.72 bits per heavy atom. The monoisotopic (exact) mass is 472 g/mol. The fraction of sp³-hybridized carbons (Fsp3) is 0.333. The van der Waals surface area contributed by atoms with Crippen molar-refractivity contribution in [1.82, 2.24) is 4.90 Å². The minimum atomic E-state index is -3.77. The van der Waals surface area contributed by atoms with Crippen LogP contribution in [0.25, 0.3) is 0 Å². The fourth-order valence-electron chi connectivity index (χ4n) is 4.11. The first-order valence-corrected chi connectivity index (χ1v) is 13.0. The summed E-state index contributed by atoms with van der Waals surface area (Å²) in [6, 6.07) is 15.9. The lowest BCUT2D eigenvalue weighted by molar-refractivity contribution is 0.207. The molecule has 1 fully saturated rings. The Morgan fingerprint density at radius 1 is 1.00 bits per heavy atom. The molecule has 0 bridgehead atoms. The Hall–Kier alpha value is -2.55. The predicted molar refractivity (Wildman–Crippen MR) is 128 cm³/mol. The Morgan fingerprint density at radius 3 is 2.34 bits per heavy atom. The number of nitrogens with zero attached hydrogens (tertiary/aromatic N) is 2. The van der Waals surface area contributed by atoms with Gasteiger partial charge in [0.25, 0.3) is 10.0 Å². The topological polar surface area (TPSA) is 59.1 Å². The molecule has 1 aliphatic rings. The molecule has 0 radical (unpaired) electrons. The Bertz CT molecular complexity index is 1110. The quantitative estimate of drug-likeness (QED) is 0.479. The molecule has 2 aromatic carbocycles. The predicted octanol–water partition coefficient (Wildman–Crippen LogP) is 4.63. The number of piperidine rings is 1. The van der Waals surface area contributed by atoms with Gasteiger partial charge in [-0.05, 0) is 71.6 Å². The highest BCUT2D eigenvalue weighted by Gasteiger charge is 2.34.